The summed E-state index contributed by atoms with van der Waals surface area (Å²) in [4.78, 5) is 0. The van der Waals surface area contributed by atoms with E-state index < -0.39 is 27.5 Å². The molecule has 0 aliphatic heterocycles. The van der Waals surface area contributed by atoms with Crippen LogP contribution < -0.4 is 9.46 Å². The van der Waals surface area contributed by atoms with Gasteiger partial charge in [0.1, 0.15) is 23.9 Å². The van der Waals surface area contributed by atoms with E-state index in [1.165, 1.54) is 38.1 Å². The Hall–Kier alpha value is -2.92. The van der Waals surface area contributed by atoms with Crippen molar-refractivity contribution in [3.05, 3.63) is 71.7 Å². The van der Waals surface area contributed by atoms with E-state index in [-0.39, 0.29) is 12.4 Å². The second-order valence-corrected chi connectivity index (χ2v) is 9.79. The normalized spacial score (nSPS) is 12.7. The van der Waals surface area contributed by atoms with E-state index in [0.29, 0.717) is 28.3 Å². The lowest BCUT2D eigenvalue weighted by atomic mass is 9.93. The van der Waals surface area contributed by atoms with Gasteiger partial charge in [-0.25, -0.2) is 17.5 Å². The largest absolute Gasteiger partial charge is 0.487 e. The number of ether oxygens (including phenoxy) is 1. The summed E-state index contributed by atoms with van der Waals surface area (Å²) in [5.74, 6) is -1.84. The van der Waals surface area contributed by atoms with Crippen molar-refractivity contribution in [1.82, 2.24) is 14.5 Å². The predicted molar refractivity (Wildman–Crippen MR) is 115 cm³/mol. The number of halogens is 4. The number of nitrogens with one attached hydrogen (secondary N) is 1. The summed E-state index contributed by atoms with van der Waals surface area (Å²) >= 11 is 0. The molecule has 3 aromatic rings. The molecule has 0 saturated carbocycles. The van der Waals surface area contributed by atoms with Crippen molar-refractivity contribution in [3.63, 3.8) is 0 Å². The Kier molecular flexibility index (Phi) is 6.85. The Bertz CT molecular complexity index is 1220. The fourth-order valence-corrected chi connectivity index (χ4v) is 4.72. The summed E-state index contributed by atoms with van der Waals surface area (Å²) in [6, 6.07) is 14.2. The second kappa shape index (κ2) is 9.14. The summed E-state index contributed by atoms with van der Waals surface area (Å²) in [5.41, 5.74) is 1.19. The smallest absolute Gasteiger partial charge is 0.404 e. The molecule has 33 heavy (non-hydrogen) atoms. The van der Waals surface area contributed by atoms with Crippen LogP contribution in [0.4, 0.5) is 17.6 Å². The van der Waals surface area contributed by atoms with E-state index in [9.17, 15) is 26.0 Å². The van der Waals surface area contributed by atoms with Crippen molar-refractivity contribution in [2.75, 3.05) is 5.75 Å². The highest BCUT2D eigenvalue weighted by molar-refractivity contribution is 7.89. The molecule has 0 aliphatic rings. The van der Waals surface area contributed by atoms with Gasteiger partial charge in [0.05, 0.1) is 11.2 Å². The Labute approximate surface area is 189 Å². The predicted octanol–water partition coefficient (Wildman–Crippen LogP) is 4.52. The maximum absolute atomic E-state index is 13.0. The summed E-state index contributed by atoms with van der Waals surface area (Å²) in [5, 5.41) is 4.39. The van der Waals surface area contributed by atoms with E-state index >= 15 is 0 Å². The first-order chi connectivity index (χ1) is 15.2. The van der Waals surface area contributed by atoms with Crippen molar-refractivity contribution < 1.29 is 30.7 Å². The van der Waals surface area contributed by atoms with Crippen LogP contribution in [0.15, 0.2) is 54.6 Å². The molecule has 0 bridgehead atoms. The summed E-state index contributed by atoms with van der Waals surface area (Å²) in [6.45, 7) is 3.12. The molecule has 11 heteroatoms. The molecule has 178 valence electrons. The first kappa shape index (κ1) is 24.7. The van der Waals surface area contributed by atoms with Gasteiger partial charge in [0, 0.05) is 12.6 Å². The maximum Gasteiger partial charge on any atom is 0.404 e. The molecule has 0 aliphatic carbocycles. The van der Waals surface area contributed by atoms with Crippen LogP contribution in [-0.2, 0) is 29.2 Å². The molecule has 0 unspecified atom stereocenters. The third kappa shape index (κ3) is 6.78. The number of aromatic nitrogens is 2. The number of nitrogens with zero attached hydrogens (tertiary/aromatic N) is 2. The summed E-state index contributed by atoms with van der Waals surface area (Å²) in [6.07, 6.45) is -4.84. The molecule has 1 aromatic heterocycles. The minimum atomic E-state index is -4.84. The fourth-order valence-electron chi connectivity index (χ4n) is 3.32. The molecule has 0 atom stereocenters. The topological polar surface area (TPSA) is 73.2 Å². The lowest BCUT2D eigenvalue weighted by molar-refractivity contribution is -0.106. The highest BCUT2D eigenvalue weighted by atomic mass is 32.2. The Morgan fingerprint density at radius 1 is 1.06 bits per heavy atom. The van der Waals surface area contributed by atoms with Gasteiger partial charge in [0.2, 0.25) is 10.0 Å². The van der Waals surface area contributed by atoms with Gasteiger partial charge in [-0.15, -0.1) is 0 Å². The van der Waals surface area contributed by atoms with Gasteiger partial charge in [0.15, 0.2) is 5.75 Å². The molecule has 1 heterocycles. The molecule has 2 aromatic carbocycles. The minimum absolute atomic E-state index is 0.141. The van der Waals surface area contributed by atoms with Crippen LogP contribution in [0.3, 0.4) is 0 Å². The average Bonchev–Trinajstić information content (AvgIpc) is 3.05. The van der Waals surface area contributed by atoms with E-state index in [1.807, 2.05) is 0 Å². The van der Waals surface area contributed by atoms with Crippen LogP contribution in [0.25, 0.3) is 11.3 Å². The number of hydrogen-bond donors (Lipinski definition) is 1. The molecule has 0 saturated heterocycles. The van der Waals surface area contributed by atoms with E-state index in [2.05, 4.69) is 9.82 Å². The summed E-state index contributed by atoms with van der Waals surface area (Å²) in [7, 11) is -2.87. The van der Waals surface area contributed by atoms with Crippen LogP contribution in [0.1, 0.15) is 25.1 Å². The molecule has 0 radical (unpaired) electrons. The minimum Gasteiger partial charge on any atom is -0.487 e. The molecule has 0 fully saturated rings. The first-order valence-electron chi connectivity index (χ1n) is 9.85. The monoisotopic (exact) mass is 485 g/mol. The number of alkyl halides is 3. The Morgan fingerprint density at radius 3 is 2.36 bits per heavy atom. The molecule has 0 spiro atoms. The molecule has 1 N–H and O–H groups in total. The summed E-state index contributed by atoms with van der Waals surface area (Å²) < 4.78 is 84.1. The second-order valence-electron chi connectivity index (χ2n) is 8.07. The van der Waals surface area contributed by atoms with Gasteiger partial charge in [-0.05, 0) is 55.8 Å². The lowest BCUT2D eigenvalue weighted by Crippen LogP contribution is -2.44. The van der Waals surface area contributed by atoms with Gasteiger partial charge in [-0.3, -0.25) is 4.68 Å². The van der Waals surface area contributed by atoms with Crippen LogP contribution in [-0.4, -0.2) is 30.1 Å². The third-order valence-electron chi connectivity index (χ3n) is 4.78. The van der Waals surface area contributed by atoms with E-state index in [0.717, 1.165) is 0 Å². The van der Waals surface area contributed by atoms with Gasteiger partial charge < -0.3 is 4.74 Å². The molecule has 3 rings (SSSR count). The Balaban J connectivity index is 1.79. The van der Waals surface area contributed by atoms with Crippen LogP contribution in [0.2, 0.25) is 0 Å². The molecule has 0 amide bonds. The van der Waals surface area contributed by atoms with Crippen molar-refractivity contribution in [2.24, 2.45) is 7.05 Å². The van der Waals surface area contributed by atoms with Gasteiger partial charge in [-0.1, -0.05) is 18.2 Å². The Morgan fingerprint density at radius 2 is 1.73 bits per heavy atom. The number of benzene rings is 2. The van der Waals surface area contributed by atoms with Crippen molar-refractivity contribution in [1.29, 1.82) is 0 Å². The highest BCUT2D eigenvalue weighted by Crippen LogP contribution is 2.28. The van der Waals surface area contributed by atoms with Gasteiger partial charge in [-0.2, -0.15) is 18.3 Å². The van der Waals surface area contributed by atoms with Crippen LogP contribution >= 0.6 is 0 Å². The average molecular weight is 486 g/mol. The standard InChI is InChI=1S/C22H23F4N3O3S/c1-21(2,28-33(30,31)14-22(24,25)26)16-6-4-5-15(11-16)20-12-18(27-29(20)3)13-32-19-9-7-17(23)8-10-19/h4-12,28H,13-14H2,1-3H3. The zero-order valence-corrected chi connectivity index (χ0v) is 19.0. The third-order valence-corrected chi connectivity index (χ3v) is 6.30. The number of aryl methyl sites for hydroxylation is 1. The lowest BCUT2D eigenvalue weighted by Gasteiger charge is -2.27. The molecular formula is C22H23F4N3O3S. The number of sulfonamides is 1. The van der Waals surface area contributed by atoms with Crippen LogP contribution in [0.5, 0.6) is 5.75 Å². The quantitative estimate of drug-likeness (QED) is 0.476. The van der Waals surface area contributed by atoms with Crippen LogP contribution in [0, 0.1) is 5.82 Å². The number of hydrogen-bond acceptors (Lipinski definition) is 4. The molecular weight excluding hydrogens is 462 g/mol. The zero-order valence-electron chi connectivity index (χ0n) is 18.1. The highest BCUT2D eigenvalue weighted by Gasteiger charge is 2.38. The first-order valence-corrected chi connectivity index (χ1v) is 11.5. The van der Waals surface area contributed by atoms with Gasteiger partial charge >= 0.3 is 6.18 Å². The van der Waals surface area contributed by atoms with E-state index in [1.54, 1.807) is 42.1 Å². The van der Waals surface area contributed by atoms with Crippen molar-refractivity contribution in [2.45, 2.75) is 32.2 Å². The molecule has 6 nitrogen and oxygen atoms in total. The zero-order chi connectivity index (χ0) is 24.4. The maximum atomic E-state index is 13.0. The van der Waals surface area contributed by atoms with E-state index in [4.69, 9.17) is 4.74 Å². The van der Waals surface area contributed by atoms with Crippen molar-refractivity contribution in [3.8, 4) is 17.0 Å². The van der Waals surface area contributed by atoms with Crippen molar-refractivity contribution >= 4 is 10.0 Å². The SMILES string of the molecule is Cn1nc(COc2ccc(F)cc2)cc1-c1cccc(C(C)(C)NS(=O)(=O)CC(F)(F)F)c1. The number of rotatable bonds is 8. The fraction of sp³-hybridized carbons (Fsp3) is 0.318. The van der Waals surface area contributed by atoms with Gasteiger partial charge in [0.25, 0.3) is 0 Å².